The van der Waals surface area contributed by atoms with Crippen LogP contribution in [0.3, 0.4) is 0 Å². The SMILES string of the molecule is [2H]C1([2H])CC1COS(=O)(=O)c1ccccc1C. The summed E-state index contributed by atoms with van der Waals surface area (Å²) in [6.45, 7) is 1.62. The van der Waals surface area contributed by atoms with Crippen LogP contribution in [0.5, 0.6) is 0 Å². The number of benzene rings is 1. The van der Waals surface area contributed by atoms with E-state index >= 15 is 0 Å². The van der Waals surface area contributed by atoms with Gasteiger partial charge in [-0.2, -0.15) is 8.42 Å². The van der Waals surface area contributed by atoms with E-state index < -0.39 is 16.5 Å². The monoisotopic (exact) mass is 228 g/mol. The Balaban J connectivity index is 2.08. The van der Waals surface area contributed by atoms with Crippen molar-refractivity contribution in [3.05, 3.63) is 29.8 Å². The third-order valence-corrected chi connectivity index (χ3v) is 3.72. The lowest BCUT2D eigenvalue weighted by molar-refractivity contribution is 0.302. The van der Waals surface area contributed by atoms with Crippen molar-refractivity contribution in [2.75, 3.05) is 6.61 Å². The summed E-state index contributed by atoms with van der Waals surface area (Å²) in [5.74, 6) is -0.304. The Morgan fingerprint density at radius 3 is 2.80 bits per heavy atom. The standard InChI is InChI=1S/C11H14O3S/c1-9-4-2-3-5-11(9)15(12,13)14-8-10-6-7-10/h2-5,10H,6-8H2,1H3/i6D2. The van der Waals surface area contributed by atoms with Gasteiger partial charge in [0.2, 0.25) is 0 Å². The van der Waals surface area contributed by atoms with E-state index in [2.05, 4.69) is 0 Å². The van der Waals surface area contributed by atoms with Gasteiger partial charge >= 0.3 is 0 Å². The molecule has 1 aromatic carbocycles. The molecule has 1 aliphatic carbocycles. The maximum Gasteiger partial charge on any atom is 0.297 e. The summed E-state index contributed by atoms with van der Waals surface area (Å²) in [6.07, 6.45) is -0.891. The Labute approximate surface area is 93.0 Å². The van der Waals surface area contributed by atoms with Crippen LogP contribution in [0.4, 0.5) is 0 Å². The first kappa shape index (κ1) is 8.30. The van der Waals surface area contributed by atoms with Crippen LogP contribution in [0.2, 0.25) is 0 Å². The summed E-state index contributed by atoms with van der Waals surface area (Å²) >= 11 is 0. The van der Waals surface area contributed by atoms with Crippen LogP contribution in [0.15, 0.2) is 29.2 Å². The smallest absolute Gasteiger partial charge is 0.266 e. The normalized spacial score (nSPS) is 25.5. The molecule has 0 bridgehead atoms. The van der Waals surface area contributed by atoms with Gasteiger partial charge in [0.25, 0.3) is 10.1 Å². The van der Waals surface area contributed by atoms with Crippen LogP contribution in [0, 0.1) is 12.8 Å². The maximum atomic E-state index is 11.9. The van der Waals surface area contributed by atoms with Crippen LogP contribution in [0.1, 0.15) is 21.1 Å². The van der Waals surface area contributed by atoms with Crippen molar-refractivity contribution in [1.29, 1.82) is 0 Å². The summed E-state index contributed by atoms with van der Waals surface area (Å²) in [6, 6.07) is 6.59. The minimum atomic E-state index is -3.76. The highest BCUT2D eigenvalue weighted by molar-refractivity contribution is 7.86. The van der Waals surface area contributed by atoms with Gasteiger partial charge in [0.05, 0.1) is 11.5 Å². The first-order valence-corrected chi connectivity index (χ1v) is 6.19. The first-order valence-electron chi connectivity index (χ1n) is 5.78. The zero-order valence-corrected chi connectivity index (χ0v) is 9.25. The van der Waals surface area contributed by atoms with Gasteiger partial charge in [-0.25, -0.2) is 0 Å². The average molecular weight is 228 g/mol. The van der Waals surface area contributed by atoms with Crippen molar-refractivity contribution in [3.8, 4) is 0 Å². The Hall–Kier alpha value is -0.870. The molecule has 0 amide bonds. The van der Waals surface area contributed by atoms with Gasteiger partial charge in [-0.1, -0.05) is 18.2 Å². The van der Waals surface area contributed by atoms with Gasteiger partial charge in [-0.15, -0.1) is 0 Å². The van der Waals surface area contributed by atoms with Gasteiger partial charge in [0.15, 0.2) is 0 Å². The van der Waals surface area contributed by atoms with Gasteiger partial charge in [-0.3, -0.25) is 4.18 Å². The van der Waals surface area contributed by atoms with Gasteiger partial charge in [0.1, 0.15) is 0 Å². The van der Waals surface area contributed by atoms with E-state index in [0.29, 0.717) is 12.0 Å². The molecule has 2 rings (SSSR count). The molecule has 1 atom stereocenters. The van der Waals surface area contributed by atoms with E-state index in [1.165, 1.54) is 6.07 Å². The number of hydrogen-bond donors (Lipinski definition) is 0. The van der Waals surface area contributed by atoms with Crippen molar-refractivity contribution in [2.24, 2.45) is 5.92 Å². The van der Waals surface area contributed by atoms with E-state index in [1.54, 1.807) is 25.1 Å². The molecule has 4 heteroatoms. The van der Waals surface area contributed by atoms with Crippen LogP contribution >= 0.6 is 0 Å². The van der Waals surface area contributed by atoms with Gasteiger partial charge in [0, 0.05) is 2.74 Å². The van der Waals surface area contributed by atoms with Crippen LogP contribution in [-0.2, 0) is 14.3 Å². The fourth-order valence-corrected chi connectivity index (χ4v) is 2.45. The van der Waals surface area contributed by atoms with Crippen LogP contribution < -0.4 is 0 Å². The number of hydrogen-bond acceptors (Lipinski definition) is 3. The maximum absolute atomic E-state index is 11.9. The molecule has 0 aliphatic heterocycles. The molecule has 0 aromatic heterocycles. The summed E-state index contributed by atoms with van der Waals surface area (Å²) in [4.78, 5) is 0.154. The first-order chi connectivity index (χ1) is 7.83. The minimum Gasteiger partial charge on any atom is -0.266 e. The second kappa shape index (κ2) is 3.94. The van der Waals surface area contributed by atoms with Crippen LogP contribution in [-0.4, -0.2) is 15.0 Å². The average Bonchev–Trinajstić information content (AvgIpc) is 2.84. The highest BCUT2D eigenvalue weighted by Gasteiger charge is 2.26. The van der Waals surface area contributed by atoms with Gasteiger partial charge < -0.3 is 0 Å². The molecule has 0 saturated heterocycles. The quantitative estimate of drug-likeness (QED) is 0.741. The molecule has 15 heavy (non-hydrogen) atoms. The minimum absolute atomic E-state index is 0.0797. The fraction of sp³-hybridized carbons (Fsp3) is 0.455. The molecule has 1 fully saturated rings. The summed E-state index contributed by atoms with van der Waals surface area (Å²) in [5.41, 5.74) is 0.631. The van der Waals surface area contributed by atoms with Crippen molar-refractivity contribution in [2.45, 2.75) is 24.6 Å². The predicted octanol–water partition coefficient (Wildman–Crippen LogP) is 2.11. The molecule has 1 saturated carbocycles. The highest BCUT2D eigenvalue weighted by atomic mass is 32.2. The molecule has 1 unspecified atom stereocenters. The topological polar surface area (TPSA) is 43.4 Å². The Morgan fingerprint density at radius 2 is 2.20 bits per heavy atom. The predicted molar refractivity (Wildman–Crippen MR) is 57.0 cm³/mol. The second-order valence-corrected chi connectivity index (χ2v) is 5.19. The molecule has 0 spiro atoms. The van der Waals surface area contributed by atoms with E-state index in [0.717, 1.165) is 0 Å². The molecule has 1 aromatic rings. The molecule has 3 nitrogen and oxygen atoms in total. The lowest BCUT2D eigenvalue weighted by Crippen LogP contribution is -2.09. The molecule has 82 valence electrons. The third-order valence-electron chi connectivity index (χ3n) is 2.28. The van der Waals surface area contributed by atoms with Crippen molar-refractivity contribution in [3.63, 3.8) is 0 Å². The van der Waals surface area contributed by atoms with Crippen LogP contribution in [0.25, 0.3) is 0 Å². The van der Waals surface area contributed by atoms with Gasteiger partial charge in [-0.05, 0) is 37.3 Å². The lowest BCUT2D eigenvalue weighted by atomic mass is 10.2. The third kappa shape index (κ3) is 2.58. The largest absolute Gasteiger partial charge is 0.297 e. The Bertz CT molecular complexity index is 525. The molecular formula is C11H14O3S. The van der Waals surface area contributed by atoms with E-state index in [4.69, 9.17) is 6.92 Å². The molecule has 0 radical (unpaired) electrons. The summed E-state index contributed by atoms with van der Waals surface area (Å²) < 4.78 is 43.3. The molecule has 0 heterocycles. The zero-order chi connectivity index (χ0) is 12.7. The summed E-state index contributed by atoms with van der Waals surface area (Å²) in [7, 11) is -3.76. The Kier molecular flexibility index (Phi) is 2.18. The Morgan fingerprint density at radius 1 is 1.53 bits per heavy atom. The second-order valence-electron chi connectivity index (χ2n) is 3.61. The highest BCUT2D eigenvalue weighted by Crippen LogP contribution is 2.30. The molecule has 0 N–H and O–H groups in total. The van der Waals surface area contributed by atoms with Crippen molar-refractivity contribution < 1.29 is 15.3 Å². The fourth-order valence-electron chi connectivity index (χ4n) is 1.27. The summed E-state index contributed by atoms with van der Waals surface area (Å²) in [5, 5.41) is 0. The van der Waals surface area contributed by atoms with Crippen molar-refractivity contribution >= 4 is 10.1 Å². The van der Waals surface area contributed by atoms with E-state index in [-0.39, 0.29) is 17.4 Å². The van der Waals surface area contributed by atoms with Crippen molar-refractivity contribution in [1.82, 2.24) is 0 Å². The van der Waals surface area contributed by atoms with E-state index in [1.807, 2.05) is 0 Å². The number of rotatable bonds is 4. The van der Waals surface area contributed by atoms with E-state index in [9.17, 15) is 8.42 Å². The molecular weight excluding hydrogens is 212 g/mol. The number of aryl methyl sites for hydroxylation is 1. The zero-order valence-electron chi connectivity index (χ0n) is 10.4. The molecule has 1 aliphatic rings. The lowest BCUT2D eigenvalue weighted by Gasteiger charge is -2.06.